The Morgan fingerprint density at radius 3 is 2.43 bits per heavy atom. The van der Waals surface area contributed by atoms with Gasteiger partial charge in [0.2, 0.25) is 5.91 Å². The van der Waals surface area contributed by atoms with E-state index in [1.165, 1.54) is 4.31 Å². The van der Waals surface area contributed by atoms with E-state index in [9.17, 15) is 18.0 Å². The van der Waals surface area contributed by atoms with Crippen molar-refractivity contribution in [2.45, 2.75) is 38.6 Å². The van der Waals surface area contributed by atoms with Crippen LogP contribution in [0.5, 0.6) is 0 Å². The zero-order chi connectivity index (χ0) is 24.4. The number of benzene rings is 2. The number of carbonyl (C=O) groups excluding carboxylic acids is 2. The van der Waals surface area contributed by atoms with Crippen molar-refractivity contribution in [3.63, 3.8) is 0 Å². The van der Waals surface area contributed by atoms with Gasteiger partial charge >= 0.3 is 0 Å². The second kappa shape index (κ2) is 10.1. The van der Waals surface area contributed by atoms with Gasteiger partial charge in [0.25, 0.3) is 16.1 Å². The summed E-state index contributed by atoms with van der Waals surface area (Å²) in [6.45, 7) is 2.89. The molecule has 2 amide bonds. The second-order valence-corrected chi connectivity index (χ2v) is 11.5. The number of carbonyl (C=O) groups is 2. The van der Waals surface area contributed by atoms with Crippen LogP contribution in [-0.2, 0) is 28.0 Å². The molecule has 0 spiro atoms. The number of hydrogen-bond acceptors (Lipinski definition) is 4. The Balaban J connectivity index is 1.19. The first-order valence-electron chi connectivity index (χ1n) is 12.4. The Hall–Kier alpha value is -2.75. The Labute approximate surface area is 207 Å². The quantitative estimate of drug-likeness (QED) is 0.666. The molecule has 2 saturated heterocycles. The zero-order valence-corrected chi connectivity index (χ0v) is 20.7. The zero-order valence-electron chi connectivity index (χ0n) is 19.9. The van der Waals surface area contributed by atoms with Gasteiger partial charge in [0.1, 0.15) is 0 Å². The summed E-state index contributed by atoms with van der Waals surface area (Å²) >= 11 is 0. The van der Waals surface area contributed by atoms with Crippen LogP contribution in [0.15, 0.2) is 48.5 Å². The molecule has 2 fully saturated rings. The van der Waals surface area contributed by atoms with Crippen LogP contribution in [0.3, 0.4) is 0 Å². The molecule has 1 N–H and O–H groups in total. The topological polar surface area (TPSA) is 90.0 Å². The minimum atomic E-state index is -3.48. The average Bonchev–Trinajstić information content (AvgIpc) is 3.58. The van der Waals surface area contributed by atoms with Gasteiger partial charge in [0.15, 0.2) is 0 Å². The molecule has 2 aromatic rings. The molecule has 0 aliphatic carbocycles. The summed E-state index contributed by atoms with van der Waals surface area (Å²) in [6, 6.07) is 15.2. The largest absolute Gasteiger partial charge is 0.352 e. The molecule has 3 heterocycles. The van der Waals surface area contributed by atoms with Crippen molar-refractivity contribution in [1.29, 1.82) is 0 Å². The molecule has 2 aromatic carbocycles. The fraction of sp³-hybridized carbons (Fsp3) is 0.462. The van der Waals surface area contributed by atoms with E-state index >= 15 is 0 Å². The van der Waals surface area contributed by atoms with E-state index in [2.05, 4.69) is 11.4 Å². The summed E-state index contributed by atoms with van der Waals surface area (Å²) in [5.74, 6) is -0.446. The second-order valence-electron chi connectivity index (χ2n) is 9.56. The van der Waals surface area contributed by atoms with Crippen LogP contribution in [0.25, 0.3) is 0 Å². The predicted molar refractivity (Wildman–Crippen MR) is 134 cm³/mol. The number of amides is 2. The number of rotatable bonds is 6. The Morgan fingerprint density at radius 2 is 1.66 bits per heavy atom. The molecule has 8 nitrogen and oxygen atoms in total. The smallest absolute Gasteiger partial charge is 0.281 e. The minimum absolute atomic E-state index is 0.00358. The minimum Gasteiger partial charge on any atom is -0.352 e. The summed E-state index contributed by atoms with van der Waals surface area (Å²) in [7, 11) is -3.48. The standard InChI is InChI=1S/C26H32N4O4S/c31-25(23-9-6-15-29(19-23)35(33,34)28-13-4-5-14-28)27-18-20-10-11-24-22(17-20)12-16-30(24)26(32)21-7-2-1-3-8-21/h1-3,7-8,10-11,17,23H,4-6,9,12-16,18-19H2,(H,27,31)/t23-/m1/s1. The van der Waals surface area contributed by atoms with Crippen LogP contribution in [-0.4, -0.2) is 61.6 Å². The van der Waals surface area contributed by atoms with Crippen molar-refractivity contribution >= 4 is 27.7 Å². The number of hydrogen-bond donors (Lipinski definition) is 1. The maximum atomic E-state index is 12.9. The average molecular weight is 497 g/mol. The highest BCUT2D eigenvalue weighted by Crippen LogP contribution is 2.30. The molecule has 9 heteroatoms. The normalized spacial score (nSPS) is 21.1. The summed E-state index contributed by atoms with van der Waals surface area (Å²) in [6.07, 6.45) is 3.96. The highest BCUT2D eigenvalue weighted by atomic mass is 32.2. The van der Waals surface area contributed by atoms with Crippen LogP contribution >= 0.6 is 0 Å². The van der Waals surface area contributed by atoms with E-state index in [0.717, 1.165) is 36.1 Å². The number of fused-ring (bicyclic) bond motifs is 1. The van der Waals surface area contributed by atoms with Crippen molar-refractivity contribution < 1.29 is 18.0 Å². The van der Waals surface area contributed by atoms with E-state index in [1.807, 2.05) is 47.4 Å². The van der Waals surface area contributed by atoms with Crippen LogP contribution < -0.4 is 10.2 Å². The van der Waals surface area contributed by atoms with E-state index in [-0.39, 0.29) is 24.3 Å². The molecular formula is C26H32N4O4S. The van der Waals surface area contributed by atoms with Gasteiger partial charge in [0, 0.05) is 50.5 Å². The van der Waals surface area contributed by atoms with Gasteiger partial charge < -0.3 is 10.2 Å². The van der Waals surface area contributed by atoms with Gasteiger partial charge in [-0.2, -0.15) is 17.0 Å². The van der Waals surface area contributed by atoms with Gasteiger partial charge in [-0.15, -0.1) is 0 Å². The van der Waals surface area contributed by atoms with Crippen LogP contribution in [0, 0.1) is 5.92 Å². The fourth-order valence-electron chi connectivity index (χ4n) is 5.29. The van der Waals surface area contributed by atoms with Crippen molar-refractivity contribution in [1.82, 2.24) is 13.9 Å². The Bertz CT molecular complexity index is 1200. The molecule has 186 valence electrons. The molecule has 0 bridgehead atoms. The number of piperidine rings is 1. The van der Waals surface area contributed by atoms with Gasteiger partial charge in [-0.25, -0.2) is 0 Å². The van der Waals surface area contributed by atoms with Gasteiger partial charge in [-0.05, 0) is 61.4 Å². The molecule has 3 aliphatic heterocycles. The van der Waals surface area contributed by atoms with Gasteiger partial charge in [0.05, 0.1) is 5.92 Å². The van der Waals surface area contributed by atoms with Crippen molar-refractivity contribution in [2.75, 3.05) is 37.6 Å². The number of nitrogens with one attached hydrogen (secondary N) is 1. The van der Waals surface area contributed by atoms with E-state index < -0.39 is 10.2 Å². The maximum absolute atomic E-state index is 12.9. The van der Waals surface area contributed by atoms with E-state index in [0.29, 0.717) is 51.1 Å². The van der Waals surface area contributed by atoms with Crippen LogP contribution in [0.1, 0.15) is 47.2 Å². The monoisotopic (exact) mass is 496 g/mol. The molecule has 0 saturated carbocycles. The lowest BCUT2D eigenvalue weighted by molar-refractivity contribution is -0.126. The lowest BCUT2D eigenvalue weighted by atomic mass is 9.98. The molecule has 0 radical (unpaired) electrons. The summed E-state index contributed by atoms with van der Waals surface area (Å²) < 4.78 is 28.8. The predicted octanol–water partition coefficient (Wildman–Crippen LogP) is 2.56. The number of nitrogens with zero attached hydrogens (tertiary/aromatic N) is 3. The van der Waals surface area contributed by atoms with Gasteiger partial charge in [-0.1, -0.05) is 30.3 Å². The summed E-state index contributed by atoms with van der Waals surface area (Å²) in [4.78, 5) is 27.6. The van der Waals surface area contributed by atoms with E-state index in [4.69, 9.17) is 0 Å². The molecule has 5 rings (SSSR count). The highest BCUT2D eigenvalue weighted by molar-refractivity contribution is 7.86. The molecule has 1 atom stereocenters. The molecule has 0 aromatic heterocycles. The SMILES string of the molecule is O=C(NCc1ccc2c(c1)CCN2C(=O)c1ccccc1)[C@@H]1CCCN(S(=O)(=O)N2CCCC2)C1. The number of anilines is 1. The molecular weight excluding hydrogens is 464 g/mol. The third-order valence-electron chi connectivity index (χ3n) is 7.24. The van der Waals surface area contributed by atoms with Crippen molar-refractivity contribution in [2.24, 2.45) is 5.92 Å². The lowest BCUT2D eigenvalue weighted by Gasteiger charge is -2.33. The van der Waals surface area contributed by atoms with Gasteiger partial charge in [-0.3, -0.25) is 9.59 Å². The molecule has 3 aliphatic rings. The first-order chi connectivity index (χ1) is 16.9. The molecule has 35 heavy (non-hydrogen) atoms. The van der Waals surface area contributed by atoms with Crippen molar-refractivity contribution in [3.8, 4) is 0 Å². The van der Waals surface area contributed by atoms with Crippen LogP contribution in [0.2, 0.25) is 0 Å². The first-order valence-corrected chi connectivity index (χ1v) is 13.8. The Morgan fingerprint density at radius 1 is 0.914 bits per heavy atom. The lowest BCUT2D eigenvalue weighted by Crippen LogP contribution is -2.49. The van der Waals surface area contributed by atoms with Crippen LogP contribution in [0.4, 0.5) is 5.69 Å². The molecule has 0 unspecified atom stereocenters. The Kier molecular flexibility index (Phi) is 6.91. The highest BCUT2D eigenvalue weighted by Gasteiger charge is 2.36. The summed E-state index contributed by atoms with van der Waals surface area (Å²) in [5.41, 5.74) is 3.67. The summed E-state index contributed by atoms with van der Waals surface area (Å²) in [5, 5.41) is 3.01. The first kappa shape index (κ1) is 24.0. The van der Waals surface area contributed by atoms with Crippen molar-refractivity contribution in [3.05, 3.63) is 65.2 Å². The van der Waals surface area contributed by atoms with E-state index in [1.54, 1.807) is 4.31 Å². The third-order valence-corrected chi connectivity index (χ3v) is 9.25. The third kappa shape index (κ3) is 4.98. The fourth-order valence-corrected chi connectivity index (χ4v) is 7.07. The maximum Gasteiger partial charge on any atom is 0.281 e.